The highest BCUT2D eigenvalue weighted by atomic mass is 127. The minimum Gasteiger partial charge on any atom is -0.357 e. The topological polar surface area (TPSA) is 67.1 Å². The first-order valence-corrected chi connectivity index (χ1v) is 7.11. The molecule has 0 bridgehead atoms. The number of aliphatic imine (C=N–C) groups is 1. The molecule has 0 aliphatic heterocycles. The molecular weight excluding hydrogens is 391 g/mol. The van der Waals surface area contributed by atoms with Gasteiger partial charge in [-0.25, -0.2) is 4.99 Å². The maximum Gasteiger partial charge on any atom is 0.191 e. The average molecular weight is 414 g/mol. The van der Waals surface area contributed by atoms with Gasteiger partial charge in [0.05, 0.1) is 13.1 Å². The Bertz CT molecular complexity index is 593. The summed E-state index contributed by atoms with van der Waals surface area (Å²) in [7, 11) is 1.96. The van der Waals surface area contributed by atoms with Crippen LogP contribution in [0.5, 0.6) is 0 Å². The van der Waals surface area contributed by atoms with E-state index in [0.717, 1.165) is 24.2 Å². The Balaban J connectivity index is 0.00000242. The summed E-state index contributed by atoms with van der Waals surface area (Å²) in [6.07, 6.45) is 0. The van der Waals surface area contributed by atoms with Gasteiger partial charge in [-0.05, 0) is 19.4 Å². The van der Waals surface area contributed by atoms with Crippen LogP contribution in [0.1, 0.15) is 24.1 Å². The molecule has 0 atom stereocenters. The molecule has 0 unspecified atom stereocenters. The summed E-state index contributed by atoms with van der Waals surface area (Å²) in [5.74, 6) is 2.57. The lowest BCUT2D eigenvalue weighted by Crippen LogP contribution is -2.37. The molecule has 22 heavy (non-hydrogen) atoms. The fourth-order valence-electron chi connectivity index (χ4n) is 1.86. The van der Waals surface area contributed by atoms with E-state index in [-0.39, 0.29) is 24.0 Å². The number of guanidine groups is 1. The molecule has 0 aliphatic carbocycles. The van der Waals surface area contributed by atoms with Gasteiger partial charge in [-0.1, -0.05) is 30.3 Å². The first-order valence-electron chi connectivity index (χ1n) is 7.11. The van der Waals surface area contributed by atoms with Gasteiger partial charge in [-0.3, -0.25) is 0 Å². The van der Waals surface area contributed by atoms with E-state index in [1.54, 1.807) is 0 Å². The van der Waals surface area contributed by atoms with Crippen molar-refractivity contribution in [2.24, 2.45) is 12.0 Å². The fourth-order valence-corrected chi connectivity index (χ4v) is 1.86. The number of aromatic nitrogens is 3. The Hall–Kier alpha value is -1.64. The molecule has 0 radical (unpaired) electrons. The van der Waals surface area contributed by atoms with E-state index < -0.39 is 0 Å². The lowest BCUT2D eigenvalue weighted by molar-refractivity contribution is 0.718. The van der Waals surface area contributed by atoms with Gasteiger partial charge in [-0.2, -0.15) is 0 Å². The van der Waals surface area contributed by atoms with Gasteiger partial charge >= 0.3 is 0 Å². The van der Waals surface area contributed by atoms with Crippen LogP contribution in [0, 0.1) is 6.92 Å². The van der Waals surface area contributed by atoms with Crippen molar-refractivity contribution in [3.8, 4) is 0 Å². The maximum absolute atomic E-state index is 4.57. The second kappa shape index (κ2) is 9.39. The number of nitrogens with zero attached hydrogens (tertiary/aromatic N) is 4. The molecule has 0 aliphatic rings. The molecule has 120 valence electrons. The van der Waals surface area contributed by atoms with Crippen molar-refractivity contribution in [1.82, 2.24) is 25.4 Å². The van der Waals surface area contributed by atoms with Crippen LogP contribution in [0.3, 0.4) is 0 Å². The van der Waals surface area contributed by atoms with Crippen molar-refractivity contribution in [2.75, 3.05) is 6.54 Å². The molecule has 6 nitrogen and oxygen atoms in total. The zero-order valence-electron chi connectivity index (χ0n) is 13.2. The summed E-state index contributed by atoms with van der Waals surface area (Å²) in [4.78, 5) is 4.57. The third kappa shape index (κ3) is 5.28. The van der Waals surface area contributed by atoms with Crippen LogP contribution in [-0.2, 0) is 20.1 Å². The lowest BCUT2D eigenvalue weighted by atomic mass is 10.2. The molecule has 2 aromatic rings. The Morgan fingerprint density at radius 1 is 1.18 bits per heavy atom. The van der Waals surface area contributed by atoms with Gasteiger partial charge in [-0.15, -0.1) is 34.2 Å². The van der Waals surface area contributed by atoms with Gasteiger partial charge in [0.15, 0.2) is 11.8 Å². The van der Waals surface area contributed by atoms with Gasteiger partial charge < -0.3 is 15.2 Å². The van der Waals surface area contributed by atoms with E-state index >= 15 is 0 Å². The molecule has 0 fully saturated rings. The van der Waals surface area contributed by atoms with E-state index in [1.807, 2.05) is 43.7 Å². The molecule has 1 heterocycles. The summed E-state index contributed by atoms with van der Waals surface area (Å²) in [6.45, 7) is 6.04. The molecule has 7 heteroatoms. The Morgan fingerprint density at radius 3 is 2.50 bits per heavy atom. The third-order valence-corrected chi connectivity index (χ3v) is 3.20. The highest BCUT2D eigenvalue weighted by Gasteiger charge is 2.05. The van der Waals surface area contributed by atoms with Crippen LogP contribution in [0.15, 0.2) is 35.3 Å². The maximum atomic E-state index is 4.57. The molecule has 0 saturated heterocycles. The standard InChI is InChI=1S/C15H22N6.HI/c1-4-16-15(17-10-13-8-6-5-7-9-13)18-11-14-20-19-12(2)21(14)3;/h5-9H,4,10-11H2,1-3H3,(H2,16,17,18);1H. The van der Waals surface area contributed by atoms with Crippen molar-refractivity contribution in [2.45, 2.75) is 26.9 Å². The predicted octanol–water partition coefficient (Wildman–Crippen LogP) is 2.00. The summed E-state index contributed by atoms with van der Waals surface area (Å²) in [6, 6.07) is 10.2. The van der Waals surface area contributed by atoms with Crippen LogP contribution < -0.4 is 10.6 Å². The fraction of sp³-hybridized carbons (Fsp3) is 0.400. The molecule has 1 aromatic carbocycles. The summed E-state index contributed by atoms with van der Waals surface area (Å²) in [5, 5.41) is 14.7. The Morgan fingerprint density at radius 2 is 1.91 bits per heavy atom. The number of benzene rings is 1. The van der Waals surface area contributed by atoms with E-state index in [4.69, 9.17) is 0 Å². The number of nitrogens with one attached hydrogen (secondary N) is 2. The third-order valence-electron chi connectivity index (χ3n) is 3.20. The van der Waals surface area contributed by atoms with Crippen LogP contribution in [0.2, 0.25) is 0 Å². The minimum atomic E-state index is 0. The Labute approximate surface area is 148 Å². The molecule has 0 amide bonds. The average Bonchev–Trinajstić information content (AvgIpc) is 2.83. The number of hydrogen-bond acceptors (Lipinski definition) is 3. The highest BCUT2D eigenvalue weighted by molar-refractivity contribution is 14.0. The predicted molar refractivity (Wildman–Crippen MR) is 99.3 cm³/mol. The SMILES string of the molecule is CCNC(=NCc1ccccc1)NCc1nnc(C)n1C.I. The largest absolute Gasteiger partial charge is 0.357 e. The summed E-state index contributed by atoms with van der Waals surface area (Å²) < 4.78 is 1.97. The molecule has 0 saturated carbocycles. The van der Waals surface area contributed by atoms with Crippen molar-refractivity contribution in [3.63, 3.8) is 0 Å². The Kier molecular flexibility index (Phi) is 7.86. The number of hydrogen-bond donors (Lipinski definition) is 2. The van der Waals surface area contributed by atoms with Gasteiger partial charge in [0.25, 0.3) is 0 Å². The van der Waals surface area contributed by atoms with E-state index in [9.17, 15) is 0 Å². The molecule has 1 aromatic heterocycles. The zero-order chi connectivity index (χ0) is 15.1. The van der Waals surface area contributed by atoms with E-state index in [0.29, 0.717) is 13.1 Å². The van der Waals surface area contributed by atoms with Crippen LogP contribution >= 0.6 is 24.0 Å². The van der Waals surface area contributed by atoms with Gasteiger partial charge in [0.1, 0.15) is 5.82 Å². The number of rotatable bonds is 5. The normalized spacial score (nSPS) is 11.0. The van der Waals surface area contributed by atoms with Gasteiger partial charge in [0, 0.05) is 13.6 Å². The van der Waals surface area contributed by atoms with Crippen molar-refractivity contribution in [1.29, 1.82) is 0 Å². The van der Waals surface area contributed by atoms with Crippen molar-refractivity contribution >= 4 is 29.9 Å². The lowest BCUT2D eigenvalue weighted by Gasteiger charge is -2.11. The van der Waals surface area contributed by atoms with Gasteiger partial charge in [0.2, 0.25) is 0 Å². The second-order valence-corrected chi connectivity index (χ2v) is 4.76. The second-order valence-electron chi connectivity index (χ2n) is 4.76. The van der Waals surface area contributed by atoms with Crippen LogP contribution in [-0.4, -0.2) is 27.3 Å². The van der Waals surface area contributed by atoms with E-state index in [2.05, 4.69) is 38.0 Å². The molecular formula is C15H23IN6. The molecule has 0 spiro atoms. The highest BCUT2D eigenvalue weighted by Crippen LogP contribution is 2.00. The molecule has 2 N–H and O–H groups in total. The quantitative estimate of drug-likeness (QED) is 0.446. The number of halogens is 1. The first-order chi connectivity index (χ1) is 10.2. The minimum absolute atomic E-state index is 0. The monoisotopic (exact) mass is 414 g/mol. The smallest absolute Gasteiger partial charge is 0.191 e. The number of aryl methyl sites for hydroxylation is 1. The van der Waals surface area contributed by atoms with Crippen molar-refractivity contribution in [3.05, 3.63) is 47.5 Å². The van der Waals surface area contributed by atoms with Crippen LogP contribution in [0.4, 0.5) is 0 Å². The first kappa shape index (κ1) is 18.4. The summed E-state index contributed by atoms with van der Waals surface area (Å²) >= 11 is 0. The zero-order valence-corrected chi connectivity index (χ0v) is 15.5. The van der Waals surface area contributed by atoms with E-state index in [1.165, 1.54) is 5.56 Å². The molecule has 2 rings (SSSR count). The summed E-state index contributed by atoms with van der Waals surface area (Å²) in [5.41, 5.74) is 1.18. The van der Waals surface area contributed by atoms with Crippen LogP contribution in [0.25, 0.3) is 0 Å². The van der Waals surface area contributed by atoms with Crippen molar-refractivity contribution < 1.29 is 0 Å².